The van der Waals surface area contributed by atoms with Crippen LogP contribution in [-0.2, 0) is 0 Å². The number of halogens is 3. The van der Waals surface area contributed by atoms with Crippen LogP contribution in [0.25, 0.3) is 32.8 Å². The molecule has 0 saturated heterocycles. The Morgan fingerprint density at radius 1 is 0.833 bits per heavy atom. The fourth-order valence-electron chi connectivity index (χ4n) is 5.40. The van der Waals surface area contributed by atoms with Crippen LogP contribution in [0.1, 0.15) is 26.4 Å². The lowest BCUT2D eigenvalue weighted by Gasteiger charge is -2.15. The van der Waals surface area contributed by atoms with E-state index in [-0.39, 0.29) is 17.0 Å². The lowest BCUT2D eigenvalue weighted by atomic mass is 9.99. The summed E-state index contributed by atoms with van der Waals surface area (Å²) in [6.07, 6.45) is 1.39. The molecule has 9 nitrogen and oxygen atoms in total. The van der Waals surface area contributed by atoms with Gasteiger partial charge in [0.2, 0.25) is 5.75 Å². The van der Waals surface area contributed by atoms with Gasteiger partial charge in [-0.2, -0.15) is 5.10 Å². The quantitative estimate of drug-likeness (QED) is 0.0654. The van der Waals surface area contributed by atoms with Crippen LogP contribution in [-0.4, -0.2) is 44.4 Å². The number of rotatable bonds is 9. The van der Waals surface area contributed by atoms with Crippen LogP contribution in [0.15, 0.2) is 99.0 Å². The number of fused-ring (bicyclic) bond motifs is 3. The Morgan fingerprint density at radius 3 is 2.25 bits per heavy atom. The van der Waals surface area contributed by atoms with Gasteiger partial charge in [0.1, 0.15) is 5.69 Å². The maximum atomic E-state index is 13.8. The molecule has 1 heterocycles. The van der Waals surface area contributed by atoms with E-state index in [9.17, 15) is 9.59 Å². The summed E-state index contributed by atoms with van der Waals surface area (Å²) >= 11 is 13.6. The van der Waals surface area contributed by atoms with Crippen molar-refractivity contribution in [1.29, 1.82) is 0 Å². The second-order valence-corrected chi connectivity index (χ2v) is 12.5. The highest BCUT2D eigenvalue weighted by atomic mass is 79.9. The first kappa shape index (κ1) is 33.1. The molecule has 0 atom stereocenters. The summed E-state index contributed by atoms with van der Waals surface area (Å²) in [7, 11) is 4.38. The number of H-pyrrole nitrogens is 1. The standard InChI is InChI=1S/C36H26Br2ClN3O6/c1-45-28-15-20(16-29(46-2)34(28)47-3)36(44)48-33-21(14-22(37)17-26(33)38)18-40-42-35(43)32-30(24-10-6-7-11-27(24)39)25-13-12-19-8-4-5-9-23(19)31(25)41-32/h4-18,41H,1-3H3,(H,42,43). The lowest BCUT2D eigenvalue weighted by molar-refractivity contribution is 0.0732. The molecule has 0 aliphatic rings. The number of carbonyl (C=O) groups is 2. The first-order chi connectivity index (χ1) is 23.2. The van der Waals surface area contributed by atoms with E-state index in [0.717, 1.165) is 21.7 Å². The molecule has 1 amide bonds. The number of amides is 1. The topological polar surface area (TPSA) is 111 Å². The van der Waals surface area contributed by atoms with Crippen LogP contribution in [0.4, 0.5) is 0 Å². The number of hydrogen-bond acceptors (Lipinski definition) is 7. The second-order valence-electron chi connectivity index (χ2n) is 10.4. The maximum Gasteiger partial charge on any atom is 0.343 e. The molecule has 5 aromatic carbocycles. The minimum absolute atomic E-state index is 0.161. The molecule has 0 aliphatic carbocycles. The van der Waals surface area contributed by atoms with Gasteiger partial charge in [0.15, 0.2) is 17.2 Å². The van der Waals surface area contributed by atoms with Crippen molar-refractivity contribution in [1.82, 2.24) is 10.4 Å². The number of aromatic amines is 1. The molecule has 48 heavy (non-hydrogen) atoms. The van der Waals surface area contributed by atoms with Crippen molar-refractivity contribution in [3.8, 4) is 34.1 Å². The smallest absolute Gasteiger partial charge is 0.343 e. The van der Waals surface area contributed by atoms with Gasteiger partial charge in [0.25, 0.3) is 5.91 Å². The first-order valence-corrected chi connectivity index (χ1v) is 16.3. The predicted octanol–water partition coefficient (Wildman–Crippen LogP) is 9.18. The van der Waals surface area contributed by atoms with Gasteiger partial charge in [-0.05, 0) is 51.6 Å². The Kier molecular flexibility index (Phi) is 9.72. The summed E-state index contributed by atoms with van der Waals surface area (Å²) in [4.78, 5) is 30.4. The third-order valence-corrected chi connectivity index (χ3v) is 8.95. The molecule has 6 rings (SSSR count). The molecule has 2 N–H and O–H groups in total. The molecule has 0 unspecified atom stereocenters. The average Bonchev–Trinajstić information content (AvgIpc) is 3.49. The Hall–Kier alpha value is -4.84. The zero-order chi connectivity index (χ0) is 33.9. The van der Waals surface area contributed by atoms with E-state index in [0.29, 0.717) is 47.9 Å². The van der Waals surface area contributed by atoms with Crippen LogP contribution in [0, 0.1) is 0 Å². The van der Waals surface area contributed by atoms with Crippen molar-refractivity contribution in [2.75, 3.05) is 21.3 Å². The number of nitrogens with zero attached hydrogens (tertiary/aromatic N) is 1. The van der Waals surface area contributed by atoms with Crippen LogP contribution in [0.2, 0.25) is 5.02 Å². The van der Waals surface area contributed by atoms with Gasteiger partial charge in [-0.15, -0.1) is 0 Å². The number of carbonyl (C=O) groups excluding carboxylic acids is 2. The van der Waals surface area contributed by atoms with Crippen molar-refractivity contribution in [2.24, 2.45) is 5.10 Å². The monoisotopic (exact) mass is 789 g/mol. The summed E-state index contributed by atoms with van der Waals surface area (Å²) in [6, 6.07) is 25.7. The van der Waals surface area contributed by atoms with Gasteiger partial charge >= 0.3 is 5.97 Å². The number of ether oxygens (including phenoxy) is 4. The molecule has 242 valence electrons. The van der Waals surface area contributed by atoms with Gasteiger partial charge in [-0.25, -0.2) is 10.2 Å². The zero-order valence-electron chi connectivity index (χ0n) is 25.7. The summed E-state index contributed by atoms with van der Waals surface area (Å²) in [5.74, 6) is -0.0831. The van der Waals surface area contributed by atoms with E-state index in [1.165, 1.54) is 39.7 Å². The van der Waals surface area contributed by atoms with Crippen molar-refractivity contribution < 1.29 is 28.5 Å². The highest BCUT2D eigenvalue weighted by molar-refractivity contribution is 9.11. The number of aromatic nitrogens is 1. The lowest BCUT2D eigenvalue weighted by Crippen LogP contribution is -2.19. The fraction of sp³-hybridized carbons (Fsp3) is 0.0833. The van der Waals surface area contributed by atoms with Gasteiger partial charge in [0.05, 0.1) is 43.1 Å². The predicted molar refractivity (Wildman–Crippen MR) is 194 cm³/mol. The number of esters is 1. The highest BCUT2D eigenvalue weighted by Crippen LogP contribution is 2.40. The molecule has 0 fully saturated rings. The third-order valence-electron chi connectivity index (χ3n) is 7.57. The van der Waals surface area contributed by atoms with Crippen molar-refractivity contribution in [3.05, 3.63) is 116 Å². The summed E-state index contributed by atoms with van der Waals surface area (Å²) in [5, 5.41) is 7.57. The molecule has 0 bridgehead atoms. The Labute approximate surface area is 297 Å². The molecule has 6 aromatic rings. The minimum atomic E-state index is -0.689. The van der Waals surface area contributed by atoms with Gasteiger partial charge in [0, 0.05) is 37.0 Å². The Morgan fingerprint density at radius 2 is 1.54 bits per heavy atom. The maximum absolute atomic E-state index is 13.8. The molecule has 0 saturated carbocycles. The molecule has 0 aliphatic heterocycles. The normalized spacial score (nSPS) is 11.2. The van der Waals surface area contributed by atoms with E-state index in [1.54, 1.807) is 18.2 Å². The summed E-state index contributed by atoms with van der Waals surface area (Å²) in [5.41, 5.74) is 5.61. The molecule has 1 aromatic heterocycles. The van der Waals surface area contributed by atoms with Gasteiger partial charge < -0.3 is 23.9 Å². The summed E-state index contributed by atoms with van der Waals surface area (Å²) < 4.78 is 23.1. The van der Waals surface area contributed by atoms with E-state index < -0.39 is 11.9 Å². The van der Waals surface area contributed by atoms with Crippen molar-refractivity contribution in [2.45, 2.75) is 0 Å². The fourth-order valence-corrected chi connectivity index (χ4v) is 6.97. The Bertz CT molecular complexity index is 2230. The number of hydrogen-bond donors (Lipinski definition) is 2. The largest absolute Gasteiger partial charge is 0.493 e. The number of methoxy groups -OCH3 is 3. The highest BCUT2D eigenvalue weighted by Gasteiger charge is 2.23. The SMILES string of the molecule is COc1cc(C(=O)Oc2c(Br)cc(Br)cc2C=NNC(=O)c2[nH]c3c(ccc4ccccc43)c2-c2ccccc2Cl)cc(OC)c1OC. The van der Waals surface area contributed by atoms with E-state index in [2.05, 4.69) is 47.4 Å². The molecule has 0 radical (unpaired) electrons. The van der Waals surface area contributed by atoms with Crippen LogP contribution in [0.5, 0.6) is 23.0 Å². The number of hydrazone groups is 1. The van der Waals surface area contributed by atoms with Crippen LogP contribution in [0.3, 0.4) is 0 Å². The van der Waals surface area contributed by atoms with E-state index in [1.807, 2.05) is 54.6 Å². The number of benzene rings is 5. The number of nitrogens with one attached hydrogen (secondary N) is 2. The average molecular weight is 792 g/mol. The third kappa shape index (κ3) is 6.36. The molecule has 0 spiro atoms. The van der Waals surface area contributed by atoms with Gasteiger partial charge in [-0.1, -0.05) is 82.1 Å². The van der Waals surface area contributed by atoms with Crippen LogP contribution < -0.4 is 24.4 Å². The minimum Gasteiger partial charge on any atom is -0.493 e. The summed E-state index contributed by atoms with van der Waals surface area (Å²) in [6.45, 7) is 0. The van der Waals surface area contributed by atoms with Crippen molar-refractivity contribution >= 4 is 83.2 Å². The van der Waals surface area contributed by atoms with Crippen molar-refractivity contribution in [3.63, 3.8) is 0 Å². The van der Waals surface area contributed by atoms with Gasteiger partial charge in [-0.3, -0.25) is 4.79 Å². The molecular weight excluding hydrogens is 766 g/mol. The zero-order valence-corrected chi connectivity index (χ0v) is 29.6. The van der Waals surface area contributed by atoms with Crippen LogP contribution >= 0.6 is 43.5 Å². The van der Waals surface area contributed by atoms with E-state index >= 15 is 0 Å². The molecule has 12 heteroatoms. The molecular formula is C36H26Br2ClN3O6. The van der Waals surface area contributed by atoms with E-state index in [4.69, 9.17) is 30.5 Å². The second kappa shape index (κ2) is 14.1. The Balaban J connectivity index is 1.34. The first-order valence-electron chi connectivity index (χ1n) is 14.4.